The first-order chi connectivity index (χ1) is 14.0. The molecular weight excluding hydrogens is 386 g/mol. The number of aryl methyl sites for hydroxylation is 2. The molecule has 0 aliphatic heterocycles. The van der Waals surface area contributed by atoms with Crippen LogP contribution in [0.5, 0.6) is 5.75 Å². The summed E-state index contributed by atoms with van der Waals surface area (Å²) in [5, 5.41) is 4.77. The van der Waals surface area contributed by atoms with E-state index in [1.54, 1.807) is 28.7 Å². The minimum absolute atomic E-state index is 0.125. The van der Waals surface area contributed by atoms with Crippen molar-refractivity contribution in [3.63, 3.8) is 0 Å². The molecule has 0 atom stereocenters. The van der Waals surface area contributed by atoms with Crippen LogP contribution in [0.15, 0.2) is 64.8 Å². The molecule has 2 aromatic carbocycles. The van der Waals surface area contributed by atoms with E-state index in [2.05, 4.69) is 10.3 Å². The molecule has 6 nitrogen and oxygen atoms in total. The predicted octanol–water partition coefficient (Wildman–Crippen LogP) is 4.20. The molecule has 1 amide bonds. The number of benzene rings is 2. The fraction of sp³-hybridized carbons (Fsp3) is 0.136. The monoisotopic (exact) mass is 405 g/mol. The third kappa shape index (κ3) is 4.05. The number of carbonyl (C=O) groups excluding carboxylic acids is 1. The first-order valence-electron chi connectivity index (χ1n) is 9.08. The summed E-state index contributed by atoms with van der Waals surface area (Å²) >= 11 is 1.41. The Hall–Kier alpha value is -3.45. The zero-order valence-electron chi connectivity index (χ0n) is 16.0. The molecule has 0 bridgehead atoms. The van der Waals surface area contributed by atoms with Gasteiger partial charge in [0.15, 0.2) is 4.96 Å². The third-order valence-corrected chi connectivity index (χ3v) is 5.40. The number of nitrogens with one attached hydrogen (secondary N) is 1. The van der Waals surface area contributed by atoms with Gasteiger partial charge in [-0.1, -0.05) is 29.8 Å². The number of carbonyl (C=O) groups is 1. The fourth-order valence-corrected chi connectivity index (χ4v) is 3.81. The molecule has 1 N–H and O–H groups in total. The first kappa shape index (κ1) is 18.9. The summed E-state index contributed by atoms with van der Waals surface area (Å²) in [7, 11) is 0. The smallest absolute Gasteiger partial charge is 0.259 e. The summed E-state index contributed by atoms with van der Waals surface area (Å²) in [6.07, 6.45) is 0. The molecule has 29 heavy (non-hydrogen) atoms. The Morgan fingerprint density at radius 1 is 1.14 bits per heavy atom. The number of hydrogen-bond donors (Lipinski definition) is 1. The molecule has 0 saturated heterocycles. The van der Waals surface area contributed by atoms with E-state index in [1.807, 2.05) is 43.5 Å². The van der Waals surface area contributed by atoms with E-state index in [9.17, 15) is 9.59 Å². The second-order valence-electron chi connectivity index (χ2n) is 6.69. The first-order valence-corrected chi connectivity index (χ1v) is 9.96. The van der Waals surface area contributed by atoms with Gasteiger partial charge < -0.3 is 10.1 Å². The molecule has 4 aromatic rings. The molecule has 2 aromatic heterocycles. The largest absolute Gasteiger partial charge is 0.485 e. The Bertz CT molecular complexity index is 1240. The fourth-order valence-electron chi connectivity index (χ4n) is 2.92. The molecule has 7 heteroatoms. The summed E-state index contributed by atoms with van der Waals surface area (Å²) in [5.74, 6) is 0.297. The number of anilines is 1. The maximum absolute atomic E-state index is 12.5. The topological polar surface area (TPSA) is 72.7 Å². The molecule has 0 saturated carbocycles. The van der Waals surface area contributed by atoms with Crippen molar-refractivity contribution in [1.29, 1.82) is 0 Å². The number of thiazole rings is 1. The standard InChI is InChI=1S/C22H19N3O3S/c1-14-7-9-16(10-8-14)21(27)24-18-5-3-4-6-19(18)28-12-17-11-20(26)25-15(2)13-29-22(25)23-17/h3-11,13H,12H2,1-2H3,(H,24,27). The van der Waals surface area contributed by atoms with Gasteiger partial charge in [0.05, 0.1) is 11.4 Å². The van der Waals surface area contributed by atoms with Crippen molar-refractivity contribution < 1.29 is 9.53 Å². The van der Waals surface area contributed by atoms with Gasteiger partial charge in [0.1, 0.15) is 12.4 Å². The van der Waals surface area contributed by atoms with Gasteiger partial charge in [0.2, 0.25) is 0 Å². The van der Waals surface area contributed by atoms with Gasteiger partial charge in [-0.15, -0.1) is 11.3 Å². The molecule has 4 rings (SSSR count). The Morgan fingerprint density at radius 2 is 1.90 bits per heavy atom. The van der Waals surface area contributed by atoms with Crippen LogP contribution in [0.4, 0.5) is 5.69 Å². The summed E-state index contributed by atoms with van der Waals surface area (Å²) < 4.78 is 7.44. The Morgan fingerprint density at radius 3 is 2.69 bits per heavy atom. The van der Waals surface area contributed by atoms with Gasteiger partial charge in [-0.3, -0.25) is 14.0 Å². The van der Waals surface area contributed by atoms with Crippen LogP contribution in [-0.2, 0) is 6.61 Å². The maximum Gasteiger partial charge on any atom is 0.259 e. The summed E-state index contributed by atoms with van der Waals surface area (Å²) in [5.41, 5.74) is 3.48. The van der Waals surface area contributed by atoms with Gasteiger partial charge in [0, 0.05) is 22.7 Å². The number of aromatic nitrogens is 2. The van der Waals surface area contributed by atoms with Crippen molar-refractivity contribution in [1.82, 2.24) is 9.38 Å². The lowest BCUT2D eigenvalue weighted by Crippen LogP contribution is -2.16. The van der Waals surface area contributed by atoms with E-state index in [-0.39, 0.29) is 18.1 Å². The molecule has 2 heterocycles. The SMILES string of the molecule is Cc1ccc(C(=O)Nc2ccccc2OCc2cc(=O)n3c(C)csc3n2)cc1. The average molecular weight is 405 g/mol. The van der Waals surface area contributed by atoms with E-state index in [0.717, 1.165) is 11.3 Å². The highest BCUT2D eigenvalue weighted by atomic mass is 32.1. The quantitative estimate of drug-likeness (QED) is 0.540. The molecule has 0 aliphatic rings. The van der Waals surface area contributed by atoms with E-state index in [0.29, 0.717) is 27.7 Å². The predicted molar refractivity (Wildman–Crippen MR) is 114 cm³/mol. The van der Waals surface area contributed by atoms with Crippen molar-refractivity contribution in [3.05, 3.63) is 92.8 Å². The van der Waals surface area contributed by atoms with Crippen LogP contribution in [0.1, 0.15) is 27.3 Å². The molecule has 0 fully saturated rings. The van der Waals surface area contributed by atoms with Gasteiger partial charge in [-0.05, 0) is 38.1 Å². The second kappa shape index (κ2) is 7.89. The number of fused-ring (bicyclic) bond motifs is 1. The third-order valence-electron chi connectivity index (χ3n) is 4.45. The maximum atomic E-state index is 12.5. The van der Waals surface area contributed by atoms with Gasteiger partial charge in [0.25, 0.3) is 11.5 Å². The summed E-state index contributed by atoms with van der Waals surface area (Å²) in [6.45, 7) is 3.97. The van der Waals surface area contributed by atoms with Crippen LogP contribution in [0.25, 0.3) is 4.96 Å². The van der Waals surface area contributed by atoms with Crippen molar-refractivity contribution >= 4 is 27.9 Å². The minimum Gasteiger partial charge on any atom is -0.485 e. The molecule has 0 radical (unpaired) electrons. The molecule has 0 spiro atoms. The van der Waals surface area contributed by atoms with E-state index >= 15 is 0 Å². The Labute approximate surface area is 171 Å². The molecule has 0 aliphatic carbocycles. The highest BCUT2D eigenvalue weighted by Crippen LogP contribution is 2.25. The van der Waals surface area contributed by atoms with Crippen molar-refractivity contribution in [2.75, 3.05) is 5.32 Å². The summed E-state index contributed by atoms with van der Waals surface area (Å²) in [4.78, 5) is 29.9. The highest BCUT2D eigenvalue weighted by Gasteiger charge is 2.11. The van der Waals surface area contributed by atoms with Crippen molar-refractivity contribution in [3.8, 4) is 5.75 Å². The number of amides is 1. The lowest BCUT2D eigenvalue weighted by Gasteiger charge is -2.12. The molecular formula is C22H19N3O3S. The molecule has 0 unspecified atom stereocenters. The van der Waals surface area contributed by atoms with Crippen LogP contribution in [-0.4, -0.2) is 15.3 Å². The zero-order chi connectivity index (χ0) is 20.4. The summed E-state index contributed by atoms with van der Waals surface area (Å²) in [6, 6.07) is 16.0. The van der Waals surface area contributed by atoms with Crippen molar-refractivity contribution in [2.45, 2.75) is 20.5 Å². The Balaban J connectivity index is 1.52. The Kier molecular flexibility index (Phi) is 5.14. The van der Waals surface area contributed by atoms with Gasteiger partial charge in [-0.2, -0.15) is 0 Å². The van der Waals surface area contributed by atoms with Crippen LogP contribution in [0, 0.1) is 13.8 Å². The van der Waals surface area contributed by atoms with Crippen LogP contribution >= 0.6 is 11.3 Å². The van der Waals surface area contributed by atoms with E-state index < -0.39 is 0 Å². The zero-order valence-corrected chi connectivity index (χ0v) is 16.8. The van der Waals surface area contributed by atoms with Crippen LogP contribution in [0.3, 0.4) is 0 Å². The van der Waals surface area contributed by atoms with Crippen molar-refractivity contribution in [2.24, 2.45) is 0 Å². The number of ether oxygens (including phenoxy) is 1. The average Bonchev–Trinajstić information content (AvgIpc) is 3.09. The second-order valence-corrected chi connectivity index (χ2v) is 7.52. The van der Waals surface area contributed by atoms with Gasteiger partial charge in [-0.25, -0.2) is 4.98 Å². The lowest BCUT2D eigenvalue weighted by molar-refractivity contribution is 0.102. The molecule has 146 valence electrons. The van der Waals surface area contributed by atoms with Crippen LogP contribution < -0.4 is 15.6 Å². The van der Waals surface area contributed by atoms with E-state index in [4.69, 9.17) is 4.74 Å². The van der Waals surface area contributed by atoms with E-state index in [1.165, 1.54) is 17.4 Å². The lowest BCUT2D eigenvalue weighted by atomic mass is 10.1. The number of hydrogen-bond acceptors (Lipinski definition) is 5. The normalized spacial score (nSPS) is 10.8. The number of para-hydroxylation sites is 2. The minimum atomic E-state index is -0.215. The highest BCUT2D eigenvalue weighted by molar-refractivity contribution is 7.15. The number of rotatable bonds is 5. The van der Waals surface area contributed by atoms with Crippen LogP contribution in [0.2, 0.25) is 0 Å². The van der Waals surface area contributed by atoms with Gasteiger partial charge >= 0.3 is 0 Å². The number of nitrogens with zero attached hydrogens (tertiary/aromatic N) is 2.